The van der Waals surface area contributed by atoms with E-state index in [4.69, 9.17) is 0 Å². The molecule has 1 nitrogen and oxygen atoms in total. The Morgan fingerprint density at radius 3 is 2.60 bits per heavy atom. The van der Waals surface area contributed by atoms with Crippen LogP contribution in [0.5, 0.6) is 0 Å². The number of nitrogens with one attached hydrogen (secondary N) is 1. The average molecular weight is 207 g/mol. The third-order valence-electron chi connectivity index (χ3n) is 3.39. The quantitative estimate of drug-likeness (QED) is 0.803. The van der Waals surface area contributed by atoms with Crippen LogP contribution in [0.3, 0.4) is 0 Å². The summed E-state index contributed by atoms with van der Waals surface area (Å²) in [5, 5.41) is 3.33. The molecule has 82 valence electrons. The van der Waals surface area contributed by atoms with E-state index in [1.54, 1.807) is 12.1 Å². The molecule has 0 saturated heterocycles. The third kappa shape index (κ3) is 2.78. The summed E-state index contributed by atoms with van der Waals surface area (Å²) < 4.78 is 12.7. The number of rotatable bonds is 3. The van der Waals surface area contributed by atoms with E-state index in [2.05, 4.69) is 5.32 Å². The molecule has 0 aliphatic heterocycles. The number of halogens is 1. The standard InChI is InChI=1S/C13H18FN/c1-15-13-7-4-11(9-13)8-10-2-5-12(14)6-3-10/h2-3,5-6,11,13,15H,4,7-9H2,1H3. The Kier molecular flexibility index (Phi) is 3.37. The fraction of sp³-hybridized carbons (Fsp3) is 0.538. The molecule has 0 spiro atoms. The van der Waals surface area contributed by atoms with E-state index in [-0.39, 0.29) is 5.82 Å². The van der Waals surface area contributed by atoms with Gasteiger partial charge in [-0.15, -0.1) is 0 Å². The van der Waals surface area contributed by atoms with Crippen molar-refractivity contribution in [2.45, 2.75) is 31.7 Å². The van der Waals surface area contributed by atoms with Crippen LogP contribution in [0, 0.1) is 11.7 Å². The molecule has 1 fully saturated rings. The molecule has 1 aromatic rings. The van der Waals surface area contributed by atoms with Crippen LogP contribution in [0.4, 0.5) is 4.39 Å². The maximum atomic E-state index is 12.7. The lowest BCUT2D eigenvalue weighted by molar-refractivity contribution is 0.509. The first kappa shape index (κ1) is 10.6. The Bertz CT molecular complexity index is 307. The predicted octanol–water partition coefficient (Wildman–Crippen LogP) is 2.76. The molecule has 1 saturated carbocycles. The van der Waals surface area contributed by atoms with Crippen LogP contribution in [0.2, 0.25) is 0 Å². The first-order valence-corrected chi connectivity index (χ1v) is 5.69. The summed E-state index contributed by atoms with van der Waals surface area (Å²) in [7, 11) is 2.03. The van der Waals surface area contributed by atoms with Crippen molar-refractivity contribution in [2.75, 3.05) is 7.05 Å². The van der Waals surface area contributed by atoms with Crippen LogP contribution < -0.4 is 5.32 Å². The van der Waals surface area contributed by atoms with Gasteiger partial charge >= 0.3 is 0 Å². The van der Waals surface area contributed by atoms with Crippen LogP contribution in [0.25, 0.3) is 0 Å². The van der Waals surface area contributed by atoms with Crippen molar-refractivity contribution in [1.29, 1.82) is 0 Å². The lowest BCUT2D eigenvalue weighted by atomic mass is 9.98. The minimum absolute atomic E-state index is 0.140. The van der Waals surface area contributed by atoms with Gasteiger partial charge in [0, 0.05) is 6.04 Å². The van der Waals surface area contributed by atoms with Gasteiger partial charge in [-0.25, -0.2) is 4.39 Å². The topological polar surface area (TPSA) is 12.0 Å². The molecule has 0 heterocycles. The molecule has 15 heavy (non-hydrogen) atoms. The molecule has 2 atom stereocenters. The fourth-order valence-electron chi connectivity index (χ4n) is 2.48. The number of benzene rings is 1. The predicted molar refractivity (Wildman–Crippen MR) is 60.3 cm³/mol. The summed E-state index contributed by atoms with van der Waals surface area (Å²) in [6.45, 7) is 0. The van der Waals surface area contributed by atoms with Crippen molar-refractivity contribution >= 4 is 0 Å². The van der Waals surface area contributed by atoms with Crippen molar-refractivity contribution < 1.29 is 4.39 Å². The van der Waals surface area contributed by atoms with Crippen LogP contribution in [-0.2, 0) is 6.42 Å². The van der Waals surface area contributed by atoms with Gasteiger partial charge in [-0.1, -0.05) is 12.1 Å². The van der Waals surface area contributed by atoms with Crippen molar-refractivity contribution in [1.82, 2.24) is 5.32 Å². The molecule has 1 aromatic carbocycles. The summed E-state index contributed by atoms with van der Waals surface area (Å²) in [6, 6.07) is 7.61. The van der Waals surface area contributed by atoms with Crippen molar-refractivity contribution in [3.8, 4) is 0 Å². The molecule has 1 aliphatic carbocycles. The van der Waals surface area contributed by atoms with Gasteiger partial charge in [0.2, 0.25) is 0 Å². The summed E-state index contributed by atoms with van der Waals surface area (Å²) in [5.74, 6) is 0.631. The van der Waals surface area contributed by atoms with Gasteiger partial charge in [-0.05, 0) is 56.3 Å². The molecule has 0 aromatic heterocycles. The average Bonchev–Trinajstić information content (AvgIpc) is 2.69. The first-order valence-electron chi connectivity index (χ1n) is 5.69. The van der Waals surface area contributed by atoms with Gasteiger partial charge in [-0.2, -0.15) is 0 Å². The van der Waals surface area contributed by atoms with E-state index in [1.807, 2.05) is 19.2 Å². The lowest BCUT2D eigenvalue weighted by Crippen LogP contribution is -2.21. The van der Waals surface area contributed by atoms with Gasteiger partial charge in [0.05, 0.1) is 0 Å². The van der Waals surface area contributed by atoms with Gasteiger partial charge in [0.1, 0.15) is 5.82 Å². The maximum absolute atomic E-state index is 12.7. The first-order chi connectivity index (χ1) is 7.28. The smallest absolute Gasteiger partial charge is 0.123 e. The summed E-state index contributed by atoms with van der Waals surface area (Å²) in [6.07, 6.45) is 4.93. The third-order valence-corrected chi connectivity index (χ3v) is 3.39. The molecule has 2 heteroatoms. The van der Waals surface area contributed by atoms with E-state index in [9.17, 15) is 4.39 Å². The molecule has 0 amide bonds. The minimum atomic E-state index is -0.140. The van der Waals surface area contributed by atoms with Gasteiger partial charge in [0.25, 0.3) is 0 Å². The highest BCUT2D eigenvalue weighted by molar-refractivity contribution is 5.16. The van der Waals surface area contributed by atoms with E-state index >= 15 is 0 Å². The second kappa shape index (κ2) is 4.75. The van der Waals surface area contributed by atoms with Crippen LogP contribution in [-0.4, -0.2) is 13.1 Å². The molecule has 0 bridgehead atoms. The zero-order chi connectivity index (χ0) is 10.7. The van der Waals surface area contributed by atoms with E-state index in [0.29, 0.717) is 6.04 Å². The van der Waals surface area contributed by atoms with E-state index in [1.165, 1.54) is 24.8 Å². The Labute approximate surface area is 90.7 Å². The Balaban J connectivity index is 1.90. The monoisotopic (exact) mass is 207 g/mol. The zero-order valence-electron chi connectivity index (χ0n) is 9.17. The Morgan fingerprint density at radius 2 is 2.00 bits per heavy atom. The maximum Gasteiger partial charge on any atom is 0.123 e. The molecule has 0 radical (unpaired) electrons. The van der Waals surface area contributed by atoms with Crippen LogP contribution in [0.15, 0.2) is 24.3 Å². The summed E-state index contributed by atoms with van der Waals surface area (Å²) in [4.78, 5) is 0. The van der Waals surface area contributed by atoms with E-state index < -0.39 is 0 Å². The highest BCUT2D eigenvalue weighted by atomic mass is 19.1. The molecule has 1 N–H and O–H groups in total. The lowest BCUT2D eigenvalue weighted by Gasteiger charge is -2.10. The highest BCUT2D eigenvalue weighted by Gasteiger charge is 2.23. The SMILES string of the molecule is CNC1CCC(Cc2ccc(F)cc2)C1. The summed E-state index contributed by atoms with van der Waals surface area (Å²) in [5.41, 5.74) is 1.26. The normalized spacial score (nSPS) is 25.7. The van der Waals surface area contributed by atoms with Crippen LogP contribution in [0.1, 0.15) is 24.8 Å². The Morgan fingerprint density at radius 1 is 1.27 bits per heavy atom. The van der Waals surface area contributed by atoms with Crippen molar-refractivity contribution in [3.63, 3.8) is 0 Å². The van der Waals surface area contributed by atoms with Crippen molar-refractivity contribution in [2.24, 2.45) is 5.92 Å². The Hall–Kier alpha value is -0.890. The van der Waals surface area contributed by atoms with Gasteiger partial charge in [-0.3, -0.25) is 0 Å². The highest BCUT2D eigenvalue weighted by Crippen LogP contribution is 2.28. The van der Waals surface area contributed by atoms with Crippen molar-refractivity contribution in [3.05, 3.63) is 35.6 Å². The number of hydrogen-bond donors (Lipinski definition) is 1. The minimum Gasteiger partial charge on any atom is -0.317 e. The second-order valence-electron chi connectivity index (χ2n) is 4.50. The van der Waals surface area contributed by atoms with Gasteiger partial charge < -0.3 is 5.32 Å². The van der Waals surface area contributed by atoms with E-state index in [0.717, 1.165) is 12.3 Å². The van der Waals surface area contributed by atoms with Crippen LogP contribution >= 0.6 is 0 Å². The van der Waals surface area contributed by atoms with Gasteiger partial charge in [0.15, 0.2) is 0 Å². The molecular formula is C13H18FN. The fourth-order valence-corrected chi connectivity index (χ4v) is 2.48. The molecule has 2 unspecified atom stereocenters. The molecule has 2 rings (SSSR count). The zero-order valence-corrected chi connectivity index (χ0v) is 9.17. The summed E-state index contributed by atoms with van der Waals surface area (Å²) >= 11 is 0. The largest absolute Gasteiger partial charge is 0.317 e. The number of hydrogen-bond acceptors (Lipinski definition) is 1. The second-order valence-corrected chi connectivity index (χ2v) is 4.50. The molecular weight excluding hydrogens is 189 g/mol. The molecule has 1 aliphatic rings.